The van der Waals surface area contributed by atoms with Crippen molar-refractivity contribution in [2.45, 2.75) is 12.8 Å². The Labute approximate surface area is 144 Å². The van der Waals surface area contributed by atoms with Crippen LogP contribution in [-0.4, -0.2) is 30.6 Å². The molecule has 8 heteroatoms. The van der Waals surface area contributed by atoms with Crippen molar-refractivity contribution >= 4 is 34.8 Å². The summed E-state index contributed by atoms with van der Waals surface area (Å²) in [6.45, 7) is 1.63. The van der Waals surface area contributed by atoms with Crippen LogP contribution in [0.25, 0.3) is 11.3 Å². The number of nitrogens with two attached hydrogens (primary N) is 1. The first-order valence-corrected chi connectivity index (χ1v) is 7.99. The van der Waals surface area contributed by atoms with Crippen LogP contribution in [0.1, 0.15) is 12.8 Å². The van der Waals surface area contributed by atoms with Crippen LogP contribution in [0.15, 0.2) is 23.6 Å². The summed E-state index contributed by atoms with van der Waals surface area (Å²) in [5, 5.41) is 5.28. The Hall–Kier alpha value is -1.83. The minimum atomic E-state index is -0.0616. The Kier molecular flexibility index (Phi) is 6.20. The number of hydrogen-bond donors (Lipinski definition) is 2. The highest BCUT2D eigenvalue weighted by atomic mass is 35.5. The number of carbonyl (C=O) groups excluding carboxylic acids is 1. The van der Waals surface area contributed by atoms with Crippen molar-refractivity contribution in [1.82, 2.24) is 4.98 Å². The maximum atomic E-state index is 11.7. The van der Waals surface area contributed by atoms with E-state index in [1.54, 1.807) is 0 Å². The van der Waals surface area contributed by atoms with E-state index in [0.29, 0.717) is 37.7 Å². The van der Waals surface area contributed by atoms with Crippen LogP contribution in [0.4, 0.5) is 5.13 Å². The van der Waals surface area contributed by atoms with E-state index in [-0.39, 0.29) is 18.3 Å². The van der Waals surface area contributed by atoms with E-state index in [0.717, 1.165) is 22.8 Å². The van der Waals surface area contributed by atoms with Crippen molar-refractivity contribution in [3.05, 3.63) is 23.6 Å². The van der Waals surface area contributed by atoms with E-state index < -0.39 is 0 Å². The third-order valence-electron chi connectivity index (χ3n) is 3.20. The molecule has 0 bridgehead atoms. The predicted octanol–water partition coefficient (Wildman–Crippen LogP) is 2.68. The summed E-state index contributed by atoms with van der Waals surface area (Å²) in [5.41, 5.74) is 7.13. The monoisotopic (exact) mass is 355 g/mol. The van der Waals surface area contributed by atoms with Crippen LogP contribution < -0.4 is 20.5 Å². The molecule has 0 radical (unpaired) electrons. The number of rotatable bonds is 5. The second-order valence-corrected chi connectivity index (χ2v) is 5.69. The van der Waals surface area contributed by atoms with Gasteiger partial charge in [0.2, 0.25) is 5.91 Å². The molecule has 2 aromatic rings. The quantitative estimate of drug-likeness (QED) is 0.861. The molecular formula is C15H18ClN3O3S. The number of aromatic nitrogens is 1. The molecular weight excluding hydrogens is 338 g/mol. The summed E-state index contributed by atoms with van der Waals surface area (Å²) in [6.07, 6.45) is 1.08. The number of thiazole rings is 1. The standard InChI is InChI=1S/C15H17N3O3S.ClH/c16-5-1-2-14(19)18-15-17-11(9-22-15)10-3-4-12-13(8-10)21-7-6-20-12;/h3-4,8-9H,1-2,5-7,16H2,(H,17,18,19);1H. The number of ether oxygens (including phenoxy) is 2. The molecule has 23 heavy (non-hydrogen) atoms. The molecule has 1 aromatic carbocycles. The minimum absolute atomic E-state index is 0. The summed E-state index contributed by atoms with van der Waals surface area (Å²) in [6, 6.07) is 5.72. The van der Waals surface area contributed by atoms with Gasteiger partial charge in [0, 0.05) is 17.4 Å². The lowest BCUT2D eigenvalue weighted by atomic mass is 10.1. The van der Waals surface area contributed by atoms with Crippen molar-refractivity contribution < 1.29 is 14.3 Å². The first-order chi connectivity index (χ1) is 10.8. The Morgan fingerprint density at radius 2 is 2.09 bits per heavy atom. The molecule has 2 heterocycles. The first-order valence-electron chi connectivity index (χ1n) is 7.12. The molecule has 124 valence electrons. The fraction of sp³-hybridized carbons (Fsp3) is 0.333. The Balaban J connectivity index is 0.00000192. The van der Waals surface area contributed by atoms with Gasteiger partial charge in [-0.15, -0.1) is 23.7 Å². The summed E-state index contributed by atoms with van der Waals surface area (Å²) in [4.78, 5) is 16.1. The molecule has 0 saturated heterocycles. The van der Waals surface area contributed by atoms with Crippen LogP contribution in [0.3, 0.4) is 0 Å². The summed E-state index contributed by atoms with van der Waals surface area (Å²) in [7, 11) is 0. The number of halogens is 1. The largest absolute Gasteiger partial charge is 0.486 e. The minimum Gasteiger partial charge on any atom is -0.486 e. The van der Waals surface area contributed by atoms with Gasteiger partial charge in [-0.1, -0.05) is 0 Å². The molecule has 0 saturated carbocycles. The van der Waals surface area contributed by atoms with Crippen LogP contribution in [0, 0.1) is 0 Å². The average Bonchev–Trinajstić information content (AvgIpc) is 3.01. The van der Waals surface area contributed by atoms with Gasteiger partial charge in [-0.05, 0) is 31.2 Å². The third kappa shape index (κ3) is 4.34. The number of amides is 1. The molecule has 0 fully saturated rings. The molecule has 3 rings (SSSR count). The third-order valence-corrected chi connectivity index (χ3v) is 3.95. The second kappa shape index (κ2) is 8.14. The lowest BCUT2D eigenvalue weighted by Gasteiger charge is -2.18. The molecule has 0 atom stereocenters. The van der Waals surface area contributed by atoms with E-state index in [2.05, 4.69) is 10.3 Å². The summed E-state index contributed by atoms with van der Waals surface area (Å²) < 4.78 is 11.1. The average molecular weight is 356 g/mol. The predicted molar refractivity (Wildman–Crippen MR) is 92.7 cm³/mol. The van der Waals surface area contributed by atoms with Gasteiger partial charge in [-0.2, -0.15) is 0 Å². The van der Waals surface area contributed by atoms with Crippen molar-refractivity contribution in [3.63, 3.8) is 0 Å². The van der Waals surface area contributed by atoms with Gasteiger partial charge < -0.3 is 20.5 Å². The number of nitrogens with one attached hydrogen (secondary N) is 1. The number of carbonyl (C=O) groups is 1. The number of hydrogen-bond acceptors (Lipinski definition) is 6. The van der Waals surface area contributed by atoms with Crippen molar-refractivity contribution in [1.29, 1.82) is 0 Å². The van der Waals surface area contributed by atoms with Gasteiger partial charge in [0.05, 0.1) is 5.69 Å². The Bertz CT molecular complexity index is 678. The zero-order chi connectivity index (χ0) is 15.4. The van der Waals surface area contributed by atoms with Gasteiger partial charge in [0.25, 0.3) is 0 Å². The molecule has 1 aliphatic rings. The smallest absolute Gasteiger partial charge is 0.226 e. The van der Waals surface area contributed by atoms with Crippen LogP contribution in [-0.2, 0) is 4.79 Å². The van der Waals surface area contributed by atoms with Crippen LogP contribution >= 0.6 is 23.7 Å². The van der Waals surface area contributed by atoms with Gasteiger partial charge in [-0.3, -0.25) is 4.79 Å². The SMILES string of the molecule is Cl.NCCCC(=O)Nc1nc(-c2ccc3c(c2)OCCO3)cs1. The number of nitrogens with zero attached hydrogens (tertiary/aromatic N) is 1. The number of fused-ring (bicyclic) bond motifs is 1. The van der Waals surface area contributed by atoms with Crippen molar-refractivity contribution in [2.75, 3.05) is 25.1 Å². The van der Waals surface area contributed by atoms with Crippen LogP contribution in [0.2, 0.25) is 0 Å². The van der Waals surface area contributed by atoms with E-state index in [4.69, 9.17) is 15.2 Å². The normalized spacial score (nSPS) is 12.4. The van der Waals surface area contributed by atoms with Crippen molar-refractivity contribution in [3.8, 4) is 22.8 Å². The summed E-state index contributed by atoms with van der Waals surface area (Å²) >= 11 is 1.40. The van der Waals surface area contributed by atoms with E-state index >= 15 is 0 Å². The molecule has 1 aromatic heterocycles. The molecule has 3 N–H and O–H groups in total. The lowest BCUT2D eigenvalue weighted by molar-refractivity contribution is -0.116. The first kappa shape index (κ1) is 17.5. The fourth-order valence-corrected chi connectivity index (χ4v) is 2.85. The second-order valence-electron chi connectivity index (χ2n) is 4.84. The zero-order valence-corrected chi connectivity index (χ0v) is 14.0. The molecule has 1 amide bonds. The maximum Gasteiger partial charge on any atom is 0.226 e. The van der Waals surface area contributed by atoms with Crippen LogP contribution in [0.5, 0.6) is 11.5 Å². The topological polar surface area (TPSA) is 86.5 Å². The molecule has 1 aliphatic heterocycles. The van der Waals surface area contributed by atoms with E-state index in [1.807, 2.05) is 23.6 Å². The van der Waals surface area contributed by atoms with E-state index in [9.17, 15) is 4.79 Å². The lowest BCUT2D eigenvalue weighted by Crippen LogP contribution is -2.15. The zero-order valence-electron chi connectivity index (χ0n) is 12.4. The highest BCUT2D eigenvalue weighted by molar-refractivity contribution is 7.14. The molecule has 0 spiro atoms. The van der Waals surface area contributed by atoms with Gasteiger partial charge in [0.1, 0.15) is 13.2 Å². The fourth-order valence-electron chi connectivity index (χ4n) is 2.11. The van der Waals surface area contributed by atoms with E-state index in [1.165, 1.54) is 11.3 Å². The maximum absolute atomic E-state index is 11.7. The molecule has 6 nitrogen and oxygen atoms in total. The van der Waals surface area contributed by atoms with Gasteiger partial charge >= 0.3 is 0 Å². The molecule has 0 aliphatic carbocycles. The Morgan fingerprint density at radius 3 is 2.87 bits per heavy atom. The van der Waals surface area contributed by atoms with Crippen molar-refractivity contribution in [2.24, 2.45) is 5.73 Å². The summed E-state index contributed by atoms with van der Waals surface area (Å²) in [5.74, 6) is 1.42. The van der Waals surface area contributed by atoms with Gasteiger partial charge in [0.15, 0.2) is 16.6 Å². The molecule has 0 unspecified atom stereocenters. The number of benzene rings is 1. The van der Waals surface area contributed by atoms with Gasteiger partial charge in [-0.25, -0.2) is 4.98 Å². The highest BCUT2D eigenvalue weighted by Gasteiger charge is 2.14. The number of anilines is 1. The Morgan fingerprint density at radius 1 is 1.30 bits per heavy atom. The highest BCUT2D eigenvalue weighted by Crippen LogP contribution is 2.35.